The van der Waals surface area contributed by atoms with Crippen LogP contribution < -0.4 is 11.1 Å². The largest absolute Gasteiger partial charge is 0.463 e. The summed E-state index contributed by atoms with van der Waals surface area (Å²) in [6.45, 7) is 4.52. The van der Waals surface area contributed by atoms with Gasteiger partial charge in [-0.05, 0) is 0 Å². The van der Waals surface area contributed by atoms with Crippen molar-refractivity contribution in [3.05, 3.63) is 0 Å². The molecule has 0 bridgehead atoms. The zero-order chi connectivity index (χ0) is 18.4. The summed E-state index contributed by atoms with van der Waals surface area (Å²) in [4.78, 5) is 45.2. The van der Waals surface area contributed by atoms with Gasteiger partial charge >= 0.3 is 17.9 Å². The van der Waals surface area contributed by atoms with Gasteiger partial charge in [0.15, 0.2) is 12.2 Å². The summed E-state index contributed by atoms with van der Waals surface area (Å²) in [5, 5.41) is 2.51. The van der Waals surface area contributed by atoms with Crippen LogP contribution in [0.15, 0.2) is 0 Å². The SMILES string of the molecule is CC(=O)N[C@@H]1[C@@H](OC(C)=O)[C@H](OC(C)=O)[C@@H](COC(C)=O)O[C@@H]1N. The van der Waals surface area contributed by atoms with E-state index in [1.54, 1.807) is 0 Å². The maximum Gasteiger partial charge on any atom is 0.303 e. The van der Waals surface area contributed by atoms with Crippen molar-refractivity contribution in [3.63, 3.8) is 0 Å². The molecule has 1 fully saturated rings. The Balaban J connectivity index is 3.11. The number of hydrogen-bond donors (Lipinski definition) is 2. The van der Waals surface area contributed by atoms with E-state index in [1.165, 1.54) is 13.8 Å². The standard InChI is InChI=1S/C14H22N2O8/c1-6(17)16-11-13(23-9(4)20)12(22-8(3)19)10(24-14(11)15)5-21-7(2)18/h10-14H,5,15H2,1-4H3,(H,16,17)/t10-,11-,12-,13-,14+/m1/s1. The summed E-state index contributed by atoms with van der Waals surface area (Å²) in [6, 6.07) is -0.940. The molecule has 0 aliphatic carbocycles. The fourth-order valence-electron chi connectivity index (χ4n) is 2.37. The Morgan fingerprint density at radius 1 is 0.958 bits per heavy atom. The van der Waals surface area contributed by atoms with Gasteiger partial charge in [0.25, 0.3) is 0 Å². The van der Waals surface area contributed by atoms with Crippen LogP contribution in [0.2, 0.25) is 0 Å². The fraction of sp³-hybridized carbons (Fsp3) is 0.714. The maximum atomic E-state index is 11.4. The van der Waals surface area contributed by atoms with Gasteiger partial charge in [0.1, 0.15) is 25.0 Å². The first-order chi connectivity index (χ1) is 11.1. The predicted molar refractivity (Wildman–Crippen MR) is 78.2 cm³/mol. The van der Waals surface area contributed by atoms with Crippen molar-refractivity contribution in [2.45, 2.75) is 58.3 Å². The van der Waals surface area contributed by atoms with Gasteiger partial charge in [-0.15, -0.1) is 0 Å². The van der Waals surface area contributed by atoms with Crippen LogP contribution in [-0.2, 0) is 38.1 Å². The lowest BCUT2D eigenvalue weighted by Crippen LogP contribution is -2.68. The molecule has 24 heavy (non-hydrogen) atoms. The van der Waals surface area contributed by atoms with Gasteiger partial charge in [-0.3, -0.25) is 19.2 Å². The van der Waals surface area contributed by atoms with Crippen LogP contribution in [-0.4, -0.2) is 61.0 Å². The normalized spacial score (nSPS) is 29.3. The minimum Gasteiger partial charge on any atom is -0.463 e. The number of carbonyl (C=O) groups is 4. The van der Waals surface area contributed by atoms with E-state index in [0.29, 0.717) is 0 Å². The van der Waals surface area contributed by atoms with Crippen molar-refractivity contribution in [1.29, 1.82) is 0 Å². The highest BCUT2D eigenvalue weighted by Crippen LogP contribution is 2.25. The molecule has 1 aliphatic rings. The van der Waals surface area contributed by atoms with E-state index < -0.39 is 54.4 Å². The monoisotopic (exact) mass is 346 g/mol. The number of hydrogen-bond acceptors (Lipinski definition) is 9. The van der Waals surface area contributed by atoms with Crippen LogP contribution in [0.5, 0.6) is 0 Å². The number of ether oxygens (including phenoxy) is 4. The van der Waals surface area contributed by atoms with Gasteiger partial charge in [-0.1, -0.05) is 0 Å². The lowest BCUT2D eigenvalue weighted by molar-refractivity contribution is -0.222. The molecule has 0 aromatic carbocycles. The molecule has 0 spiro atoms. The van der Waals surface area contributed by atoms with Gasteiger partial charge in [-0.25, -0.2) is 0 Å². The number of rotatable bonds is 5. The van der Waals surface area contributed by atoms with Crippen molar-refractivity contribution in [2.75, 3.05) is 6.61 Å². The van der Waals surface area contributed by atoms with Crippen LogP contribution in [0, 0.1) is 0 Å². The lowest BCUT2D eigenvalue weighted by atomic mass is 9.95. The van der Waals surface area contributed by atoms with Crippen LogP contribution in [0.25, 0.3) is 0 Å². The van der Waals surface area contributed by atoms with Crippen LogP contribution >= 0.6 is 0 Å². The van der Waals surface area contributed by atoms with E-state index >= 15 is 0 Å². The van der Waals surface area contributed by atoms with Crippen molar-refractivity contribution in [1.82, 2.24) is 5.32 Å². The number of esters is 3. The summed E-state index contributed by atoms with van der Waals surface area (Å²) < 4.78 is 20.7. The molecule has 1 rings (SSSR count). The summed E-state index contributed by atoms with van der Waals surface area (Å²) in [5.74, 6) is -2.32. The molecule has 3 N–H and O–H groups in total. The summed E-state index contributed by atoms with van der Waals surface area (Å²) in [5.41, 5.74) is 5.87. The van der Waals surface area contributed by atoms with Crippen molar-refractivity contribution in [3.8, 4) is 0 Å². The number of amides is 1. The highest BCUT2D eigenvalue weighted by molar-refractivity contribution is 5.73. The average Bonchev–Trinajstić information content (AvgIpc) is 2.42. The zero-order valence-corrected chi connectivity index (χ0v) is 13.9. The second kappa shape index (κ2) is 8.60. The van der Waals surface area contributed by atoms with Gasteiger partial charge in [0, 0.05) is 27.7 Å². The summed E-state index contributed by atoms with van der Waals surface area (Å²) in [6.07, 6.45) is -4.23. The zero-order valence-electron chi connectivity index (χ0n) is 13.9. The van der Waals surface area contributed by atoms with E-state index in [-0.39, 0.29) is 6.61 Å². The molecular formula is C14H22N2O8. The fourth-order valence-corrected chi connectivity index (χ4v) is 2.37. The second-order valence-electron chi connectivity index (χ2n) is 5.32. The highest BCUT2D eigenvalue weighted by atomic mass is 16.6. The number of carbonyl (C=O) groups excluding carboxylic acids is 4. The Morgan fingerprint density at radius 2 is 1.50 bits per heavy atom. The van der Waals surface area contributed by atoms with E-state index in [2.05, 4.69) is 5.32 Å². The third-order valence-electron chi connectivity index (χ3n) is 3.15. The Kier molecular flexibility index (Phi) is 7.11. The molecule has 1 heterocycles. The van der Waals surface area contributed by atoms with Gasteiger partial charge in [0.05, 0.1) is 0 Å². The van der Waals surface area contributed by atoms with Crippen molar-refractivity contribution >= 4 is 23.8 Å². The average molecular weight is 346 g/mol. The molecule has 136 valence electrons. The van der Waals surface area contributed by atoms with E-state index in [1.807, 2.05) is 0 Å². The van der Waals surface area contributed by atoms with Crippen LogP contribution in [0.3, 0.4) is 0 Å². The van der Waals surface area contributed by atoms with Crippen molar-refractivity contribution < 1.29 is 38.1 Å². The van der Waals surface area contributed by atoms with E-state index in [0.717, 1.165) is 13.8 Å². The molecule has 0 aromatic heterocycles. The Labute approximate surface area is 138 Å². The minimum absolute atomic E-state index is 0.258. The second-order valence-corrected chi connectivity index (χ2v) is 5.32. The Morgan fingerprint density at radius 3 is 1.96 bits per heavy atom. The van der Waals surface area contributed by atoms with Crippen LogP contribution in [0.4, 0.5) is 0 Å². The molecule has 1 saturated heterocycles. The molecule has 10 nitrogen and oxygen atoms in total. The molecule has 0 radical (unpaired) electrons. The van der Waals surface area contributed by atoms with E-state index in [4.69, 9.17) is 24.7 Å². The molecule has 0 unspecified atom stereocenters. The highest BCUT2D eigenvalue weighted by Gasteiger charge is 2.49. The quantitative estimate of drug-likeness (QED) is 0.454. The first-order valence-electron chi connectivity index (χ1n) is 7.27. The Bertz CT molecular complexity index is 509. The Hall–Kier alpha value is -2.20. The third-order valence-corrected chi connectivity index (χ3v) is 3.15. The maximum absolute atomic E-state index is 11.4. The lowest BCUT2D eigenvalue weighted by Gasteiger charge is -2.44. The molecule has 1 amide bonds. The number of nitrogens with one attached hydrogen (secondary N) is 1. The molecule has 0 aromatic rings. The molecule has 5 atom stereocenters. The smallest absolute Gasteiger partial charge is 0.303 e. The summed E-state index contributed by atoms with van der Waals surface area (Å²) in [7, 11) is 0. The topological polar surface area (TPSA) is 143 Å². The van der Waals surface area contributed by atoms with E-state index in [9.17, 15) is 19.2 Å². The molecule has 10 heteroatoms. The third kappa shape index (κ3) is 5.78. The summed E-state index contributed by atoms with van der Waals surface area (Å²) >= 11 is 0. The van der Waals surface area contributed by atoms with Crippen molar-refractivity contribution in [2.24, 2.45) is 5.73 Å². The van der Waals surface area contributed by atoms with Gasteiger partial charge < -0.3 is 30.0 Å². The number of nitrogens with two attached hydrogens (primary N) is 1. The first-order valence-corrected chi connectivity index (χ1v) is 7.27. The molecule has 0 saturated carbocycles. The van der Waals surface area contributed by atoms with Gasteiger partial charge in [0.2, 0.25) is 5.91 Å². The molecule has 1 aliphatic heterocycles. The predicted octanol–water partition coefficient (Wildman–Crippen LogP) is -1.40. The minimum atomic E-state index is -1.11. The molecular weight excluding hydrogens is 324 g/mol. The van der Waals surface area contributed by atoms with Crippen LogP contribution in [0.1, 0.15) is 27.7 Å². The van der Waals surface area contributed by atoms with Gasteiger partial charge in [-0.2, -0.15) is 0 Å². The first kappa shape index (κ1) is 19.8.